The third-order valence-corrected chi connectivity index (χ3v) is 3.98. The Bertz CT molecular complexity index is 987. The van der Waals surface area contributed by atoms with Gasteiger partial charge in [0.15, 0.2) is 0 Å². The summed E-state index contributed by atoms with van der Waals surface area (Å²) in [5.74, 6) is -2.76. The topological polar surface area (TPSA) is 104 Å². The van der Waals surface area contributed by atoms with Crippen LogP contribution in [0.3, 0.4) is 0 Å². The van der Waals surface area contributed by atoms with Gasteiger partial charge in [0.05, 0.1) is 12.8 Å². The lowest BCUT2D eigenvalue weighted by molar-refractivity contribution is -0.192. The molecule has 164 valence electrons. The Hall–Kier alpha value is -3.82. The number of aryl methyl sites for hydroxylation is 1. The van der Waals surface area contributed by atoms with Crippen LogP contribution in [0.5, 0.6) is 0 Å². The van der Waals surface area contributed by atoms with E-state index in [1.54, 1.807) is 6.20 Å². The number of carboxylic acids is 1. The van der Waals surface area contributed by atoms with Crippen molar-refractivity contribution >= 4 is 17.7 Å². The van der Waals surface area contributed by atoms with Crippen LogP contribution in [0.2, 0.25) is 0 Å². The number of aromatic nitrogens is 2. The number of rotatable bonds is 5. The van der Waals surface area contributed by atoms with Crippen molar-refractivity contribution in [2.24, 2.45) is 0 Å². The molecule has 3 aromatic rings. The van der Waals surface area contributed by atoms with Crippen molar-refractivity contribution < 1.29 is 32.6 Å². The normalized spacial score (nSPS) is 10.6. The first-order valence-corrected chi connectivity index (χ1v) is 9.05. The predicted octanol–water partition coefficient (Wildman–Crippen LogP) is 4.81. The van der Waals surface area contributed by atoms with E-state index in [1.165, 1.54) is 0 Å². The number of aromatic amines is 1. The molecule has 0 aliphatic rings. The molecule has 0 aliphatic heterocycles. The van der Waals surface area contributed by atoms with Gasteiger partial charge in [0.25, 0.3) is 0 Å². The number of H-pyrrole nitrogens is 1. The maximum Gasteiger partial charge on any atom is 0.490 e. The van der Waals surface area contributed by atoms with Crippen molar-refractivity contribution in [1.29, 1.82) is 0 Å². The Morgan fingerprint density at radius 1 is 1.10 bits per heavy atom. The Morgan fingerprint density at radius 2 is 1.71 bits per heavy atom. The third-order valence-electron chi connectivity index (χ3n) is 3.98. The molecule has 3 N–H and O–H groups in total. The number of aliphatic carboxylic acids is 1. The van der Waals surface area contributed by atoms with E-state index in [-0.39, 0.29) is 0 Å². The minimum absolute atomic E-state index is 0.349. The number of alkyl halides is 3. The second-order valence-corrected chi connectivity index (χ2v) is 6.29. The maximum atomic E-state index is 11.8. The highest BCUT2D eigenvalue weighted by Crippen LogP contribution is 2.23. The predicted molar refractivity (Wildman–Crippen MR) is 108 cm³/mol. The summed E-state index contributed by atoms with van der Waals surface area (Å²) in [6.45, 7) is 2.32. The molecule has 1 amide bonds. The highest BCUT2D eigenvalue weighted by atomic mass is 19.4. The molecule has 0 saturated heterocycles. The van der Waals surface area contributed by atoms with Crippen molar-refractivity contribution in [3.63, 3.8) is 0 Å². The van der Waals surface area contributed by atoms with Gasteiger partial charge in [-0.1, -0.05) is 42.5 Å². The second-order valence-electron chi connectivity index (χ2n) is 6.29. The van der Waals surface area contributed by atoms with Gasteiger partial charge in [-0.2, -0.15) is 18.3 Å². The van der Waals surface area contributed by atoms with E-state index in [9.17, 15) is 18.0 Å². The van der Waals surface area contributed by atoms with Crippen LogP contribution in [-0.4, -0.2) is 40.1 Å². The molecule has 1 heterocycles. The van der Waals surface area contributed by atoms with Crippen LogP contribution < -0.4 is 5.32 Å². The molecule has 0 unspecified atom stereocenters. The van der Waals surface area contributed by atoms with Crippen LogP contribution >= 0.6 is 0 Å². The summed E-state index contributed by atoms with van der Waals surface area (Å²) in [4.78, 5) is 20.7. The van der Waals surface area contributed by atoms with Gasteiger partial charge in [-0.05, 0) is 30.2 Å². The number of nitrogens with zero attached hydrogens (tertiary/aromatic N) is 1. The van der Waals surface area contributed by atoms with Crippen LogP contribution in [0.25, 0.3) is 11.1 Å². The van der Waals surface area contributed by atoms with Gasteiger partial charge in [-0.25, -0.2) is 9.59 Å². The standard InChI is InChI=1S/C19H19N3O2.C2HF3O2/c1-14-18(13-20-22-14)16-7-9-17(10-8-16)21-19(23)24-12-11-15-5-3-2-4-6-15;3-2(4,5)1(6)7/h2-10,13H,11-12H2,1H3,(H,20,22)(H,21,23);(H,6,7). The van der Waals surface area contributed by atoms with Crippen molar-refractivity contribution in [3.8, 4) is 11.1 Å². The lowest BCUT2D eigenvalue weighted by Gasteiger charge is -2.08. The summed E-state index contributed by atoms with van der Waals surface area (Å²) in [5.41, 5.74) is 4.95. The number of ether oxygens (including phenoxy) is 1. The fraction of sp³-hybridized carbons (Fsp3) is 0.190. The van der Waals surface area contributed by atoms with Gasteiger partial charge < -0.3 is 9.84 Å². The number of halogens is 3. The quantitative estimate of drug-likeness (QED) is 0.534. The number of carbonyl (C=O) groups excluding carboxylic acids is 1. The molecule has 0 radical (unpaired) electrons. The van der Waals surface area contributed by atoms with E-state index in [2.05, 4.69) is 15.5 Å². The van der Waals surface area contributed by atoms with E-state index in [0.717, 1.165) is 22.4 Å². The number of benzene rings is 2. The molecule has 7 nitrogen and oxygen atoms in total. The van der Waals surface area contributed by atoms with Gasteiger partial charge >= 0.3 is 18.2 Å². The van der Waals surface area contributed by atoms with Crippen LogP contribution in [0, 0.1) is 6.92 Å². The molecular formula is C21H20F3N3O4. The van der Waals surface area contributed by atoms with Crippen LogP contribution in [0.15, 0.2) is 60.8 Å². The Morgan fingerprint density at radius 3 is 2.23 bits per heavy atom. The van der Waals surface area contributed by atoms with Crippen molar-refractivity contribution in [3.05, 3.63) is 72.1 Å². The zero-order valence-corrected chi connectivity index (χ0v) is 16.4. The van der Waals surface area contributed by atoms with Gasteiger partial charge in [-0.3, -0.25) is 10.4 Å². The first-order chi connectivity index (χ1) is 14.7. The van der Waals surface area contributed by atoms with E-state index in [1.807, 2.05) is 61.5 Å². The zero-order chi connectivity index (χ0) is 22.9. The highest BCUT2D eigenvalue weighted by molar-refractivity contribution is 5.85. The molecular weight excluding hydrogens is 415 g/mol. The number of anilines is 1. The van der Waals surface area contributed by atoms with Crippen LogP contribution in [-0.2, 0) is 16.0 Å². The van der Waals surface area contributed by atoms with Crippen LogP contribution in [0.1, 0.15) is 11.3 Å². The summed E-state index contributed by atoms with van der Waals surface area (Å²) < 4.78 is 36.9. The molecule has 0 bridgehead atoms. The molecule has 1 aromatic heterocycles. The SMILES string of the molecule is Cc1[nH]ncc1-c1ccc(NC(=O)OCCc2ccccc2)cc1.O=C(O)C(F)(F)F. The first kappa shape index (κ1) is 23.5. The number of hydrogen-bond acceptors (Lipinski definition) is 4. The average Bonchev–Trinajstić information content (AvgIpc) is 3.15. The number of carboxylic acid groups (broad SMARTS) is 1. The minimum atomic E-state index is -5.08. The lowest BCUT2D eigenvalue weighted by Crippen LogP contribution is -2.21. The number of carbonyl (C=O) groups is 2. The summed E-state index contributed by atoms with van der Waals surface area (Å²) >= 11 is 0. The molecule has 10 heteroatoms. The molecule has 0 atom stereocenters. The first-order valence-electron chi connectivity index (χ1n) is 9.05. The number of hydrogen-bond donors (Lipinski definition) is 3. The van der Waals surface area contributed by atoms with E-state index < -0.39 is 18.2 Å². The van der Waals surface area contributed by atoms with Crippen molar-refractivity contribution in [2.75, 3.05) is 11.9 Å². The maximum absolute atomic E-state index is 11.8. The fourth-order valence-electron chi connectivity index (χ4n) is 2.44. The highest BCUT2D eigenvalue weighted by Gasteiger charge is 2.38. The van der Waals surface area contributed by atoms with Gasteiger partial charge in [0, 0.05) is 23.4 Å². The average molecular weight is 435 g/mol. The Kier molecular flexibility index (Phi) is 8.18. The third kappa shape index (κ3) is 7.84. The molecule has 31 heavy (non-hydrogen) atoms. The second kappa shape index (κ2) is 10.8. The fourth-order valence-corrected chi connectivity index (χ4v) is 2.44. The van der Waals surface area contributed by atoms with Gasteiger partial charge in [0.2, 0.25) is 0 Å². The molecule has 0 fully saturated rings. The zero-order valence-electron chi connectivity index (χ0n) is 16.4. The Balaban J connectivity index is 0.000000423. The summed E-state index contributed by atoms with van der Waals surface area (Å²) in [6, 6.07) is 17.5. The van der Waals surface area contributed by atoms with E-state index >= 15 is 0 Å². The Labute approximate surface area is 175 Å². The molecule has 2 aromatic carbocycles. The number of nitrogens with one attached hydrogen (secondary N) is 2. The lowest BCUT2D eigenvalue weighted by atomic mass is 10.1. The van der Waals surface area contributed by atoms with Gasteiger partial charge in [0.1, 0.15) is 0 Å². The monoisotopic (exact) mass is 435 g/mol. The van der Waals surface area contributed by atoms with Gasteiger partial charge in [-0.15, -0.1) is 0 Å². The van der Waals surface area contributed by atoms with Crippen molar-refractivity contribution in [2.45, 2.75) is 19.5 Å². The van der Waals surface area contributed by atoms with Crippen molar-refractivity contribution in [1.82, 2.24) is 10.2 Å². The molecule has 0 saturated carbocycles. The number of amides is 1. The summed E-state index contributed by atoms with van der Waals surface area (Å²) in [7, 11) is 0. The molecule has 0 aliphatic carbocycles. The molecule has 3 rings (SSSR count). The van der Waals surface area contributed by atoms with Crippen LogP contribution in [0.4, 0.5) is 23.7 Å². The largest absolute Gasteiger partial charge is 0.490 e. The van der Waals surface area contributed by atoms with E-state index in [0.29, 0.717) is 18.7 Å². The minimum Gasteiger partial charge on any atom is -0.475 e. The smallest absolute Gasteiger partial charge is 0.475 e. The molecule has 0 spiro atoms. The summed E-state index contributed by atoms with van der Waals surface area (Å²) in [6.07, 6.45) is -3.04. The van der Waals surface area contributed by atoms with E-state index in [4.69, 9.17) is 14.6 Å². The summed E-state index contributed by atoms with van der Waals surface area (Å²) in [5, 5.41) is 16.8.